The minimum atomic E-state index is -0.284. The Morgan fingerprint density at radius 3 is 2.52 bits per heavy atom. The van der Waals surface area contributed by atoms with Crippen LogP contribution in [0.1, 0.15) is 25.3 Å². The molecule has 1 aromatic rings. The molecular weight excluding hydrogens is 289 g/mol. The second-order valence-corrected chi connectivity index (χ2v) is 5.84. The van der Waals surface area contributed by atoms with Crippen LogP contribution in [0.3, 0.4) is 0 Å². The monoisotopic (exact) mass is 315 g/mol. The normalized spacial score (nSPS) is 10.7. The molecule has 1 aromatic carbocycles. The summed E-state index contributed by atoms with van der Waals surface area (Å²) in [5, 5.41) is 3.39. The van der Waals surface area contributed by atoms with E-state index in [1.165, 1.54) is 0 Å². The highest BCUT2D eigenvalue weighted by atomic mass is 32.2. The first-order valence-corrected chi connectivity index (χ1v) is 8.39. The number of alkyl halides is 1. The Bertz CT molecular complexity index is 416. The van der Waals surface area contributed by atoms with E-state index in [1.54, 1.807) is 26.0 Å². The average Bonchev–Trinajstić information content (AvgIpc) is 2.52. The third-order valence-electron chi connectivity index (χ3n) is 3.10. The van der Waals surface area contributed by atoms with Crippen molar-refractivity contribution in [1.82, 2.24) is 5.32 Å². The maximum Gasteiger partial charge on any atom is 0.132 e. The van der Waals surface area contributed by atoms with Crippen LogP contribution in [0.25, 0.3) is 0 Å². The van der Waals surface area contributed by atoms with E-state index in [0.717, 1.165) is 53.6 Å². The first-order chi connectivity index (χ1) is 10.3. The zero-order valence-corrected chi connectivity index (χ0v) is 14.0. The number of hydrogen-bond donors (Lipinski definition) is 1. The maximum atomic E-state index is 12.2. The van der Waals surface area contributed by atoms with Gasteiger partial charge in [-0.05, 0) is 50.0 Å². The zero-order valence-electron chi connectivity index (χ0n) is 13.2. The van der Waals surface area contributed by atoms with Crippen LogP contribution in [0.2, 0.25) is 0 Å². The lowest BCUT2D eigenvalue weighted by molar-refractivity contribution is 0.390. The quantitative estimate of drug-likeness (QED) is 0.498. The van der Waals surface area contributed by atoms with Crippen LogP contribution in [-0.4, -0.2) is 39.7 Å². The Hall–Kier alpha value is -0.940. The Labute approximate surface area is 131 Å². The second kappa shape index (κ2) is 10.7. The predicted octanol–water partition coefficient (Wildman–Crippen LogP) is 3.70. The first-order valence-electron chi connectivity index (χ1n) is 7.41. The summed E-state index contributed by atoms with van der Waals surface area (Å²) in [6, 6.07) is 4.03. The van der Waals surface area contributed by atoms with Crippen molar-refractivity contribution >= 4 is 11.8 Å². The average molecular weight is 315 g/mol. The number of benzene rings is 1. The van der Waals surface area contributed by atoms with Crippen molar-refractivity contribution in [2.75, 3.05) is 39.7 Å². The number of rotatable bonds is 11. The van der Waals surface area contributed by atoms with E-state index in [9.17, 15) is 4.39 Å². The Kier molecular flexibility index (Phi) is 9.26. The molecule has 0 fully saturated rings. The van der Waals surface area contributed by atoms with Crippen LogP contribution in [0.4, 0.5) is 4.39 Å². The molecule has 1 N–H and O–H groups in total. The van der Waals surface area contributed by atoms with E-state index < -0.39 is 0 Å². The smallest absolute Gasteiger partial charge is 0.132 e. The molecule has 0 amide bonds. The molecule has 0 aliphatic carbocycles. The summed E-state index contributed by atoms with van der Waals surface area (Å²) in [5.41, 5.74) is 1.13. The molecular formula is C16H26FNO2S. The summed E-state index contributed by atoms with van der Waals surface area (Å²) in [6.07, 6.45) is 2.58. The van der Waals surface area contributed by atoms with Gasteiger partial charge in [-0.25, -0.2) is 0 Å². The molecule has 0 aromatic heterocycles. The Morgan fingerprint density at radius 1 is 1.14 bits per heavy atom. The molecule has 0 aliphatic heterocycles. The van der Waals surface area contributed by atoms with Gasteiger partial charge in [0.25, 0.3) is 0 Å². The highest BCUT2D eigenvalue weighted by Gasteiger charge is 2.11. The molecule has 5 heteroatoms. The van der Waals surface area contributed by atoms with E-state index in [4.69, 9.17) is 9.47 Å². The predicted molar refractivity (Wildman–Crippen MR) is 87.7 cm³/mol. The van der Waals surface area contributed by atoms with Crippen molar-refractivity contribution < 1.29 is 13.9 Å². The summed E-state index contributed by atoms with van der Waals surface area (Å²) in [7, 11) is 3.35. The summed E-state index contributed by atoms with van der Waals surface area (Å²) in [5.74, 6) is 2.45. The minimum Gasteiger partial charge on any atom is -0.496 e. The van der Waals surface area contributed by atoms with Gasteiger partial charge in [-0.3, -0.25) is 4.39 Å². The van der Waals surface area contributed by atoms with E-state index in [0.29, 0.717) is 6.42 Å². The standard InChI is InChI=1S/C16H26FNO2S/c1-4-8-18-9-6-13-11-15(20-3)16(12-14(13)19-2)21-10-5-7-17/h11-12,18H,4-10H2,1-3H3. The van der Waals surface area contributed by atoms with Crippen molar-refractivity contribution in [1.29, 1.82) is 0 Å². The number of hydrogen-bond acceptors (Lipinski definition) is 4. The third kappa shape index (κ3) is 6.14. The van der Waals surface area contributed by atoms with Gasteiger partial charge >= 0.3 is 0 Å². The summed E-state index contributed by atoms with van der Waals surface area (Å²) in [6.45, 7) is 3.81. The van der Waals surface area contributed by atoms with Crippen molar-refractivity contribution in [3.05, 3.63) is 17.7 Å². The van der Waals surface area contributed by atoms with Crippen molar-refractivity contribution in [3.63, 3.8) is 0 Å². The van der Waals surface area contributed by atoms with Gasteiger partial charge in [-0.1, -0.05) is 6.92 Å². The number of methoxy groups -OCH3 is 2. The fourth-order valence-corrected chi connectivity index (χ4v) is 2.95. The van der Waals surface area contributed by atoms with Gasteiger partial charge < -0.3 is 14.8 Å². The Balaban J connectivity index is 2.78. The van der Waals surface area contributed by atoms with Gasteiger partial charge in [-0.15, -0.1) is 11.8 Å². The lowest BCUT2D eigenvalue weighted by atomic mass is 10.1. The van der Waals surface area contributed by atoms with Crippen molar-refractivity contribution in [3.8, 4) is 11.5 Å². The molecule has 3 nitrogen and oxygen atoms in total. The SMILES string of the molecule is CCCNCCc1cc(OC)c(SCCCF)cc1OC. The van der Waals surface area contributed by atoms with Gasteiger partial charge in [-0.2, -0.15) is 0 Å². The van der Waals surface area contributed by atoms with Crippen LogP contribution in [0.15, 0.2) is 17.0 Å². The highest BCUT2D eigenvalue weighted by Crippen LogP contribution is 2.36. The summed E-state index contributed by atoms with van der Waals surface area (Å²) >= 11 is 1.61. The largest absolute Gasteiger partial charge is 0.496 e. The molecule has 21 heavy (non-hydrogen) atoms. The molecule has 120 valence electrons. The van der Waals surface area contributed by atoms with Gasteiger partial charge in [0.2, 0.25) is 0 Å². The molecule has 0 saturated heterocycles. The maximum absolute atomic E-state index is 12.2. The van der Waals surface area contributed by atoms with Crippen LogP contribution in [-0.2, 0) is 6.42 Å². The van der Waals surface area contributed by atoms with Crippen LogP contribution in [0, 0.1) is 0 Å². The molecule has 0 atom stereocenters. The fraction of sp³-hybridized carbons (Fsp3) is 0.625. The first kappa shape index (κ1) is 18.1. The van der Waals surface area contributed by atoms with Crippen molar-refractivity contribution in [2.45, 2.75) is 31.1 Å². The van der Waals surface area contributed by atoms with Gasteiger partial charge in [0, 0.05) is 5.75 Å². The molecule has 1 rings (SSSR count). The van der Waals surface area contributed by atoms with E-state index in [2.05, 4.69) is 12.2 Å². The number of ether oxygens (including phenoxy) is 2. The van der Waals surface area contributed by atoms with Crippen molar-refractivity contribution in [2.24, 2.45) is 0 Å². The molecule has 0 saturated carbocycles. The number of nitrogens with one attached hydrogen (secondary N) is 1. The molecule has 0 spiro atoms. The third-order valence-corrected chi connectivity index (χ3v) is 4.22. The van der Waals surface area contributed by atoms with E-state index >= 15 is 0 Å². The molecule has 0 heterocycles. The minimum absolute atomic E-state index is 0.284. The van der Waals surface area contributed by atoms with Crippen LogP contribution in [0.5, 0.6) is 11.5 Å². The fourth-order valence-electron chi connectivity index (χ4n) is 2.00. The van der Waals surface area contributed by atoms with Gasteiger partial charge in [0.05, 0.1) is 25.8 Å². The van der Waals surface area contributed by atoms with E-state index in [1.807, 2.05) is 12.1 Å². The van der Waals surface area contributed by atoms with E-state index in [-0.39, 0.29) is 6.67 Å². The van der Waals surface area contributed by atoms with Gasteiger partial charge in [0.15, 0.2) is 0 Å². The highest BCUT2D eigenvalue weighted by molar-refractivity contribution is 7.99. The lowest BCUT2D eigenvalue weighted by Gasteiger charge is -2.15. The van der Waals surface area contributed by atoms with Gasteiger partial charge in [0.1, 0.15) is 11.5 Å². The zero-order chi connectivity index (χ0) is 15.5. The molecule has 0 aliphatic rings. The molecule has 0 radical (unpaired) electrons. The molecule has 0 bridgehead atoms. The second-order valence-electron chi connectivity index (χ2n) is 4.71. The summed E-state index contributed by atoms with van der Waals surface area (Å²) in [4.78, 5) is 1.01. The topological polar surface area (TPSA) is 30.5 Å². The number of halogens is 1. The Morgan fingerprint density at radius 2 is 1.90 bits per heavy atom. The van der Waals surface area contributed by atoms with Crippen LogP contribution < -0.4 is 14.8 Å². The lowest BCUT2D eigenvalue weighted by Crippen LogP contribution is -2.18. The molecule has 0 unspecified atom stereocenters. The number of thioether (sulfide) groups is 1. The summed E-state index contributed by atoms with van der Waals surface area (Å²) < 4.78 is 23.1. The van der Waals surface area contributed by atoms with Crippen LogP contribution >= 0.6 is 11.8 Å².